The van der Waals surface area contributed by atoms with Crippen molar-refractivity contribution in [3.05, 3.63) is 97.2 Å². The predicted molar refractivity (Wildman–Crippen MR) is 297 cm³/mol. The summed E-state index contributed by atoms with van der Waals surface area (Å²) in [5, 5.41) is 0. The third-order valence-electron chi connectivity index (χ3n) is 12.1. The van der Waals surface area contributed by atoms with Crippen molar-refractivity contribution in [1.82, 2.24) is 0 Å². The van der Waals surface area contributed by atoms with Crippen LogP contribution >= 0.6 is 0 Å². The Labute approximate surface area is 426 Å². The Morgan fingerprint density at radius 1 is 0.304 bits per heavy atom. The monoisotopic (exact) mass is 959 g/mol. The van der Waals surface area contributed by atoms with Crippen LogP contribution in [-0.2, 0) is 28.6 Å². The van der Waals surface area contributed by atoms with Crippen LogP contribution in [-0.4, -0.2) is 37.2 Å². The van der Waals surface area contributed by atoms with Gasteiger partial charge in [0.2, 0.25) is 0 Å². The third kappa shape index (κ3) is 55.1. The van der Waals surface area contributed by atoms with Gasteiger partial charge in [-0.25, -0.2) is 0 Å². The number of unbranched alkanes of at least 4 members (excludes halogenated alkanes) is 24. The van der Waals surface area contributed by atoms with Crippen molar-refractivity contribution in [2.75, 3.05) is 13.2 Å². The van der Waals surface area contributed by atoms with Crippen LogP contribution in [0.25, 0.3) is 0 Å². The lowest BCUT2D eigenvalue weighted by Crippen LogP contribution is -2.30. The van der Waals surface area contributed by atoms with Gasteiger partial charge in [0, 0.05) is 19.3 Å². The van der Waals surface area contributed by atoms with Crippen molar-refractivity contribution < 1.29 is 28.6 Å². The average Bonchev–Trinajstić information content (AvgIpc) is 3.35. The molecule has 0 aromatic carbocycles. The first-order valence-electron chi connectivity index (χ1n) is 28.7. The molecule has 1 atom stereocenters. The second-order valence-electron chi connectivity index (χ2n) is 18.8. The largest absolute Gasteiger partial charge is 0.462 e. The van der Waals surface area contributed by atoms with Gasteiger partial charge in [-0.3, -0.25) is 14.4 Å². The first-order chi connectivity index (χ1) is 34.0. The molecule has 0 N–H and O–H groups in total. The average molecular weight is 960 g/mol. The fourth-order valence-electron chi connectivity index (χ4n) is 7.80. The minimum Gasteiger partial charge on any atom is -0.462 e. The number of esters is 3. The van der Waals surface area contributed by atoms with Gasteiger partial charge < -0.3 is 14.2 Å². The zero-order chi connectivity index (χ0) is 50.0. The Hall–Kier alpha value is -3.67. The van der Waals surface area contributed by atoms with E-state index in [2.05, 4.69) is 118 Å². The van der Waals surface area contributed by atoms with Gasteiger partial charge in [0.05, 0.1) is 0 Å². The summed E-state index contributed by atoms with van der Waals surface area (Å²) in [6.07, 6.45) is 75.4. The van der Waals surface area contributed by atoms with Gasteiger partial charge in [-0.1, -0.05) is 227 Å². The maximum absolute atomic E-state index is 12.8. The molecule has 0 spiro atoms. The molecule has 0 bridgehead atoms. The Morgan fingerprint density at radius 3 is 0.913 bits per heavy atom. The molecule has 0 heterocycles. The van der Waals surface area contributed by atoms with Crippen LogP contribution in [0.2, 0.25) is 0 Å². The van der Waals surface area contributed by atoms with Crippen molar-refractivity contribution >= 4 is 17.9 Å². The van der Waals surface area contributed by atoms with E-state index in [-0.39, 0.29) is 31.1 Å². The molecule has 0 amide bonds. The number of carbonyl (C=O) groups excluding carboxylic acids is 3. The van der Waals surface area contributed by atoms with Gasteiger partial charge in [-0.15, -0.1) is 0 Å². The molecule has 6 nitrogen and oxygen atoms in total. The molecule has 0 saturated carbocycles. The highest BCUT2D eigenvalue weighted by Crippen LogP contribution is 2.15. The van der Waals surface area contributed by atoms with Crippen molar-refractivity contribution in [1.29, 1.82) is 0 Å². The van der Waals surface area contributed by atoms with Crippen LogP contribution in [0.4, 0.5) is 0 Å². The summed E-state index contributed by atoms with van der Waals surface area (Å²) in [7, 11) is 0. The number of hydrogen-bond donors (Lipinski definition) is 0. The fourth-order valence-corrected chi connectivity index (χ4v) is 7.80. The molecule has 0 aliphatic rings. The van der Waals surface area contributed by atoms with Crippen LogP contribution < -0.4 is 0 Å². The Bertz CT molecular complexity index is 1380. The van der Waals surface area contributed by atoms with Crippen molar-refractivity contribution in [2.45, 2.75) is 271 Å². The molecule has 0 aliphatic heterocycles. The number of rotatable bonds is 51. The van der Waals surface area contributed by atoms with E-state index in [1.54, 1.807) is 0 Å². The highest BCUT2D eigenvalue weighted by Gasteiger charge is 2.19. The van der Waals surface area contributed by atoms with Gasteiger partial charge in [0.1, 0.15) is 13.2 Å². The van der Waals surface area contributed by atoms with Crippen molar-refractivity contribution in [3.8, 4) is 0 Å². The summed E-state index contributed by atoms with van der Waals surface area (Å²) in [4.78, 5) is 38.1. The molecule has 0 aliphatic carbocycles. The minimum atomic E-state index is -0.796. The summed E-state index contributed by atoms with van der Waals surface area (Å²) < 4.78 is 16.8. The van der Waals surface area contributed by atoms with E-state index in [0.29, 0.717) is 19.3 Å². The van der Waals surface area contributed by atoms with Crippen molar-refractivity contribution in [2.24, 2.45) is 0 Å². The SMILES string of the molecule is CC/C=C\C/C=C\C/C=C\C/C=C\CCCCCCCCCCCCC(=O)OCC(COC(=O)CCCCC/C=C\C/C=C\C/C=C\CC)OC(=O)CCCCCCC/C=C\CCCCCCCC. The van der Waals surface area contributed by atoms with Crippen molar-refractivity contribution in [3.63, 3.8) is 0 Å². The van der Waals surface area contributed by atoms with E-state index in [4.69, 9.17) is 14.2 Å². The number of hydrogen-bond acceptors (Lipinski definition) is 6. The van der Waals surface area contributed by atoms with Gasteiger partial charge in [0.15, 0.2) is 6.10 Å². The molecule has 0 saturated heterocycles. The second-order valence-corrected chi connectivity index (χ2v) is 18.8. The molecular weight excluding hydrogens is 853 g/mol. The molecule has 0 rings (SSSR count). The molecule has 69 heavy (non-hydrogen) atoms. The Balaban J connectivity index is 4.36. The van der Waals surface area contributed by atoms with E-state index < -0.39 is 6.10 Å². The lowest BCUT2D eigenvalue weighted by Gasteiger charge is -2.18. The summed E-state index contributed by atoms with van der Waals surface area (Å²) in [6.45, 7) is 6.38. The summed E-state index contributed by atoms with van der Waals surface area (Å²) in [5.41, 5.74) is 0. The first kappa shape index (κ1) is 65.3. The summed E-state index contributed by atoms with van der Waals surface area (Å²) >= 11 is 0. The minimum absolute atomic E-state index is 0.0926. The molecule has 1 unspecified atom stereocenters. The smallest absolute Gasteiger partial charge is 0.306 e. The molecule has 0 radical (unpaired) electrons. The molecule has 0 fully saturated rings. The zero-order valence-electron chi connectivity index (χ0n) is 45.0. The predicted octanol–water partition coefficient (Wildman–Crippen LogP) is 19.3. The zero-order valence-corrected chi connectivity index (χ0v) is 45.0. The highest BCUT2D eigenvalue weighted by molar-refractivity contribution is 5.71. The quantitative estimate of drug-likeness (QED) is 0.0262. The van der Waals surface area contributed by atoms with Crippen LogP contribution in [0.3, 0.4) is 0 Å². The fraction of sp³-hybridized carbons (Fsp3) is 0.698. The van der Waals surface area contributed by atoms with Gasteiger partial charge in [-0.2, -0.15) is 0 Å². The van der Waals surface area contributed by atoms with E-state index in [1.165, 1.54) is 103 Å². The third-order valence-corrected chi connectivity index (χ3v) is 12.1. The number of ether oxygens (including phenoxy) is 3. The lowest BCUT2D eigenvalue weighted by molar-refractivity contribution is -0.167. The summed E-state index contributed by atoms with van der Waals surface area (Å²) in [5.74, 6) is -0.933. The normalized spacial score (nSPS) is 12.8. The maximum Gasteiger partial charge on any atom is 0.306 e. The van der Waals surface area contributed by atoms with E-state index in [1.807, 2.05) is 0 Å². The Morgan fingerprint density at radius 2 is 0.565 bits per heavy atom. The van der Waals surface area contributed by atoms with Gasteiger partial charge in [-0.05, 0) is 116 Å². The summed E-state index contributed by atoms with van der Waals surface area (Å²) in [6, 6.07) is 0. The molecule has 394 valence electrons. The van der Waals surface area contributed by atoms with Crippen LogP contribution in [0, 0.1) is 0 Å². The van der Waals surface area contributed by atoms with Crippen LogP contribution in [0.5, 0.6) is 0 Å². The lowest BCUT2D eigenvalue weighted by atomic mass is 10.1. The van der Waals surface area contributed by atoms with E-state index in [0.717, 1.165) is 122 Å². The molecule has 0 aromatic rings. The maximum atomic E-state index is 12.8. The van der Waals surface area contributed by atoms with Crippen LogP contribution in [0.1, 0.15) is 265 Å². The Kier molecular flexibility index (Phi) is 53.9. The standard InChI is InChI=1S/C63H106O6/c1-4-7-10-13-16-19-22-25-27-28-29-30-31-32-33-34-36-38-41-44-47-50-53-56-62(65)68-59-60(58-67-61(64)55-52-49-46-43-40-37-24-21-18-15-12-9-6-3)69-63(66)57-54-51-48-45-42-39-35-26-23-20-17-14-11-8-5-2/h7,9-10,12,16,18-19,21,25-27,29-30,35,37,40,60H,4-6,8,11,13-15,17,20,22-24,28,31-34,36,38-39,41-59H2,1-3H3/b10-7-,12-9-,19-16-,21-18-,27-25-,30-29-,35-26-,40-37-. The molecular formula is C63H106O6. The topological polar surface area (TPSA) is 78.9 Å². The number of carbonyl (C=O) groups is 3. The number of allylic oxidation sites excluding steroid dienone is 16. The first-order valence-corrected chi connectivity index (χ1v) is 28.7. The second kappa shape index (κ2) is 56.9. The van der Waals surface area contributed by atoms with E-state index >= 15 is 0 Å². The van der Waals surface area contributed by atoms with Crippen LogP contribution in [0.15, 0.2) is 97.2 Å². The molecule has 0 aromatic heterocycles. The van der Waals surface area contributed by atoms with Gasteiger partial charge in [0.25, 0.3) is 0 Å². The van der Waals surface area contributed by atoms with E-state index in [9.17, 15) is 14.4 Å². The highest BCUT2D eigenvalue weighted by atomic mass is 16.6. The molecule has 6 heteroatoms. The van der Waals surface area contributed by atoms with Gasteiger partial charge >= 0.3 is 17.9 Å².